The number of carbonyl (C=O) groups excluding carboxylic acids is 2. The molecule has 0 unspecified atom stereocenters. The average Bonchev–Trinajstić information content (AvgIpc) is 3.03. The van der Waals surface area contributed by atoms with Gasteiger partial charge in [0.15, 0.2) is 0 Å². The first-order valence-electron chi connectivity index (χ1n) is 6.86. The van der Waals surface area contributed by atoms with E-state index in [2.05, 4.69) is 5.32 Å². The van der Waals surface area contributed by atoms with E-state index in [1.807, 2.05) is 18.2 Å². The van der Waals surface area contributed by atoms with Crippen molar-refractivity contribution >= 4 is 23.6 Å². The molecular formula is C16H18N2O3S. The Morgan fingerprint density at radius 3 is 2.82 bits per heavy atom. The molecule has 5 nitrogen and oxygen atoms in total. The normalized spacial score (nSPS) is 11.9. The van der Waals surface area contributed by atoms with E-state index in [0.717, 1.165) is 5.56 Å². The van der Waals surface area contributed by atoms with Gasteiger partial charge < -0.3 is 15.5 Å². The summed E-state index contributed by atoms with van der Waals surface area (Å²) in [6.07, 6.45) is 1.57. The minimum atomic E-state index is -0.336. The van der Waals surface area contributed by atoms with Crippen LogP contribution in [-0.2, 0) is 17.1 Å². The lowest BCUT2D eigenvalue weighted by Gasteiger charge is -2.08. The van der Waals surface area contributed by atoms with Gasteiger partial charge in [-0.1, -0.05) is 12.1 Å². The minimum Gasteiger partial charge on any atom is -0.467 e. The Hall–Kier alpha value is -2.21. The van der Waals surface area contributed by atoms with Gasteiger partial charge in [-0.05, 0) is 36.8 Å². The van der Waals surface area contributed by atoms with Gasteiger partial charge in [-0.3, -0.25) is 9.59 Å². The first-order chi connectivity index (χ1) is 10.6. The molecule has 0 aliphatic rings. The van der Waals surface area contributed by atoms with Crippen LogP contribution in [0.2, 0.25) is 0 Å². The van der Waals surface area contributed by atoms with E-state index >= 15 is 0 Å². The molecule has 2 amide bonds. The van der Waals surface area contributed by atoms with E-state index < -0.39 is 0 Å². The molecule has 0 aliphatic heterocycles. The number of hydrogen-bond donors (Lipinski definition) is 2. The van der Waals surface area contributed by atoms with Gasteiger partial charge in [-0.25, -0.2) is 0 Å². The molecule has 0 aliphatic carbocycles. The Bertz CT molecular complexity index is 641. The molecule has 0 saturated heterocycles. The van der Waals surface area contributed by atoms with Crippen molar-refractivity contribution in [1.82, 2.24) is 5.32 Å². The van der Waals surface area contributed by atoms with E-state index in [4.69, 9.17) is 10.2 Å². The molecule has 2 rings (SSSR count). The molecule has 22 heavy (non-hydrogen) atoms. The first kappa shape index (κ1) is 16.2. The molecule has 1 atom stereocenters. The third-order valence-corrected chi connectivity index (χ3v) is 4.33. The molecule has 1 aromatic carbocycles. The summed E-state index contributed by atoms with van der Waals surface area (Å²) in [6.45, 7) is 2.12. The highest BCUT2D eigenvalue weighted by Crippen LogP contribution is 2.18. The molecule has 1 heterocycles. The van der Waals surface area contributed by atoms with Crippen molar-refractivity contribution in [3.05, 3.63) is 59.5 Å². The molecule has 3 N–H and O–H groups in total. The number of thioether (sulfide) groups is 1. The largest absolute Gasteiger partial charge is 0.467 e. The average molecular weight is 318 g/mol. The standard InChI is InChI=1S/C16H18N2O3S/c1-11(15(17)19)22-10-12-4-2-5-13(8-12)16(20)18-9-14-6-3-7-21-14/h2-8,11H,9-10H2,1H3,(H2,17,19)(H,18,20)/t11-/m1/s1. The lowest BCUT2D eigenvalue weighted by molar-refractivity contribution is -0.117. The summed E-state index contributed by atoms with van der Waals surface area (Å²) in [7, 11) is 0. The summed E-state index contributed by atoms with van der Waals surface area (Å²) in [5, 5.41) is 2.54. The maximum Gasteiger partial charge on any atom is 0.251 e. The SMILES string of the molecule is C[C@@H](SCc1cccc(C(=O)NCc2ccco2)c1)C(N)=O. The van der Waals surface area contributed by atoms with Crippen LogP contribution in [0.25, 0.3) is 0 Å². The molecule has 0 bridgehead atoms. The van der Waals surface area contributed by atoms with Crippen molar-refractivity contribution in [2.75, 3.05) is 0 Å². The second-order valence-corrected chi connectivity index (χ2v) is 6.15. The van der Waals surface area contributed by atoms with Gasteiger partial charge in [0, 0.05) is 11.3 Å². The Balaban J connectivity index is 1.92. The summed E-state index contributed by atoms with van der Waals surface area (Å²) < 4.78 is 5.17. The Morgan fingerprint density at radius 2 is 2.14 bits per heavy atom. The van der Waals surface area contributed by atoms with Crippen molar-refractivity contribution in [2.24, 2.45) is 5.73 Å². The second kappa shape index (κ2) is 7.70. The van der Waals surface area contributed by atoms with Crippen LogP contribution < -0.4 is 11.1 Å². The number of nitrogens with two attached hydrogens (primary N) is 1. The zero-order chi connectivity index (χ0) is 15.9. The highest BCUT2D eigenvalue weighted by atomic mass is 32.2. The zero-order valence-electron chi connectivity index (χ0n) is 12.2. The first-order valence-corrected chi connectivity index (χ1v) is 7.91. The molecular weight excluding hydrogens is 300 g/mol. The topological polar surface area (TPSA) is 85.3 Å². The third kappa shape index (κ3) is 4.66. The monoisotopic (exact) mass is 318 g/mol. The quantitative estimate of drug-likeness (QED) is 0.820. The number of amides is 2. The molecule has 116 valence electrons. The van der Waals surface area contributed by atoms with Gasteiger partial charge >= 0.3 is 0 Å². The smallest absolute Gasteiger partial charge is 0.251 e. The highest BCUT2D eigenvalue weighted by molar-refractivity contribution is 7.99. The summed E-state index contributed by atoms with van der Waals surface area (Å²) in [5.74, 6) is 0.836. The number of nitrogens with one attached hydrogen (secondary N) is 1. The van der Waals surface area contributed by atoms with Crippen LogP contribution in [0.15, 0.2) is 47.1 Å². The molecule has 0 saturated carbocycles. The van der Waals surface area contributed by atoms with Gasteiger partial charge in [0.05, 0.1) is 18.1 Å². The van der Waals surface area contributed by atoms with Gasteiger partial charge in [0.2, 0.25) is 5.91 Å². The number of furan rings is 1. The fraction of sp³-hybridized carbons (Fsp3) is 0.250. The fourth-order valence-electron chi connectivity index (χ4n) is 1.79. The number of benzene rings is 1. The maximum atomic E-state index is 12.1. The van der Waals surface area contributed by atoms with Crippen molar-refractivity contribution in [3.8, 4) is 0 Å². The number of hydrogen-bond acceptors (Lipinski definition) is 4. The lowest BCUT2D eigenvalue weighted by atomic mass is 10.1. The van der Waals surface area contributed by atoms with Gasteiger partial charge in [0.25, 0.3) is 5.91 Å². The molecule has 0 radical (unpaired) electrons. The number of primary amides is 1. The Labute approximate surface area is 133 Å². The van der Waals surface area contributed by atoms with Crippen LogP contribution in [0.4, 0.5) is 0 Å². The van der Waals surface area contributed by atoms with E-state index in [9.17, 15) is 9.59 Å². The van der Waals surface area contributed by atoms with E-state index in [1.165, 1.54) is 11.8 Å². The van der Waals surface area contributed by atoms with Crippen molar-refractivity contribution in [3.63, 3.8) is 0 Å². The second-order valence-electron chi connectivity index (χ2n) is 4.82. The number of rotatable bonds is 7. The van der Waals surface area contributed by atoms with Gasteiger partial charge in [-0.2, -0.15) is 0 Å². The van der Waals surface area contributed by atoms with Crippen LogP contribution in [0, 0.1) is 0 Å². The molecule has 2 aromatic rings. The maximum absolute atomic E-state index is 12.1. The zero-order valence-corrected chi connectivity index (χ0v) is 13.1. The minimum absolute atomic E-state index is 0.161. The third-order valence-electron chi connectivity index (χ3n) is 3.09. The highest BCUT2D eigenvalue weighted by Gasteiger charge is 2.11. The Morgan fingerprint density at radius 1 is 1.32 bits per heavy atom. The van der Waals surface area contributed by atoms with Crippen LogP contribution in [0.5, 0.6) is 0 Å². The molecule has 0 fully saturated rings. The molecule has 6 heteroatoms. The van der Waals surface area contributed by atoms with E-state index in [-0.39, 0.29) is 17.1 Å². The summed E-state index contributed by atoms with van der Waals surface area (Å²) in [5.41, 5.74) is 6.79. The molecule has 1 aromatic heterocycles. The van der Waals surface area contributed by atoms with Crippen molar-refractivity contribution in [2.45, 2.75) is 24.5 Å². The lowest BCUT2D eigenvalue weighted by Crippen LogP contribution is -2.23. The fourth-order valence-corrected chi connectivity index (χ4v) is 2.57. The van der Waals surface area contributed by atoms with Gasteiger partial charge in [0.1, 0.15) is 5.76 Å². The van der Waals surface area contributed by atoms with Crippen LogP contribution in [-0.4, -0.2) is 17.1 Å². The predicted molar refractivity (Wildman–Crippen MR) is 86.3 cm³/mol. The summed E-state index contributed by atoms with van der Waals surface area (Å²) >= 11 is 1.45. The van der Waals surface area contributed by atoms with Crippen LogP contribution in [0.3, 0.4) is 0 Å². The molecule has 0 spiro atoms. The van der Waals surface area contributed by atoms with Crippen molar-refractivity contribution in [1.29, 1.82) is 0 Å². The summed E-state index contributed by atoms with van der Waals surface area (Å²) in [6, 6.07) is 10.9. The van der Waals surface area contributed by atoms with Gasteiger partial charge in [-0.15, -0.1) is 11.8 Å². The van der Waals surface area contributed by atoms with Crippen molar-refractivity contribution < 1.29 is 14.0 Å². The number of carbonyl (C=O) groups is 2. The van der Waals surface area contributed by atoms with E-state index in [0.29, 0.717) is 23.6 Å². The van der Waals surface area contributed by atoms with Crippen LogP contribution in [0.1, 0.15) is 28.6 Å². The summed E-state index contributed by atoms with van der Waals surface area (Å²) in [4.78, 5) is 23.1. The van der Waals surface area contributed by atoms with E-state index in [1.54, 1.807) is 31.4 Å². The van der Waals surface area contributed by atoms with Crippen LogP contribution >= 0.6 is 11.8 Å². The Kier molecular flexibility index (Phi) is 5.66. The predicted octanol–water partition coefficient (Wildman–Crippen LogP) is 2.32.